The number of carbonyl (C=O) groups excluding carboxylic acids is 2. The lowest BCUT2D eigenvalue weighted by Crippen LogP contribution is -2.39. The molecule has 2 aromatic carbocycles. The number of ether oxygens (including phenoxy) is 2. The van der Waals surface area contributed by atoms with Gasteiger partial charge in [0.15, 0.2) is 6.61 Å². The topological polar surface area (TPSA) is 90.7 Å². The van der Waals surface area contributed by atoms with E-state index in [4.69, 9.17) is 15.2 Å². The maximum absolute atomic E-state index is 12.0. The lowest BCUT2D eigenvalue weighted by atomic mass is 10.1. The van der Waals surface area contributed by atoms with Gasteiger partial charge in [-0.25, -0.2) is 0 Å². The molecule has 2 rings (SSSR count). The molecule has 6 nitrogen and oxygen atoms in total. The third kappa shape index (κ3) is 4.74. The Morgan fingerprint density at radius 2 is 1.65 bits per heavy atom. The molecular formula is C17H18N2O4. The molecule has 0 aliphatic heterocycles. The van der Waals surface area contributed by atoms with E-state index in [-0.39, 0.29) is 6.61 Å². The summed E-state index contributed by atoms with van der Waals surface area (Å²) < 4.78 is 10.4. The summed E-state index contributed by atoms with van der Waals surface area (Å²) in [5.74, 6) is 0.151. The van der Waals surface area contributed by atoms with Crippen LogP contribution in [0.4, 0.5) is 0 Å². The highest BCUT2D eigenvalue weighted by atomic mass is 16.5. The zero-order valence-corrected chi connectivity index (χ0v) is 12.7. The summed E-state index contributed by atoms with van der Waals surface area (Å²) in [7, 11) is 1.57. The zero-order chi connectivity index (χ0) is 16.7. The molecule has 23 heavy (non-hydrogen) atoms. The largest absolute Gasteiger partial charge is 0.497 e. The van der Waals surface area contributed by atoms with Crippen molar-refractivity contribution in [2.45, 2.75) is 6.04 Å². The summed E-state index contributed by atoms with van der Waals surface area (Å²) in [5, 5.41) is 2.56. The molecule has 2 aromatic rings. The number of carbonyl (C=O) groups is 2. The van der Waals surface area contributed by atoms with E-state index in [0.717, 1.165) is 0 Å². The number of benzene rings is 2. The normalized spacial score (nSPS) is 11.3. The minimum Gasteiger partial charge on any atom is -0.497 e. The molecule has 0 heterocycles. The molecule has 2 amide bonds. The number of hydrogen-bond acceptors (Lipinski definition) is 4. The highest BCUT2D eigenvalue weighted by Crippen LogP contribution is 2.17. The Balaban J connectivity index is 1.93. The summed E-state index contributed by atoms with van der Waals surface area (Å²) in [6.07, 6.45) is 0. The van der Waals surface area contributed by atoms with Gasteiger partial charge >= 0.3 is 0 Å². The molecule has 0 bridgehead atoms. The first-order chi connectivity index (χ1) is 11.1. The number of nitrogens with one attached hydrogen (secondary N) is 1. The van der Waals surface area contributed by atoms with Gasteiger partial charge in [-0.3, -0.25) is 9.59 Å². The van der Waals surface area contributed by atoms with Crippen LogP contribution in [0.3, 0.4) is 0 Å². The Labute approximate surface area is 134 Å². The van der Waals surface area contributed by atoms with Crippen molar-refractivity contribution in [3.8, 4) is 11.5 Å². The van der Waals surface area contributed by atoms with E-state index in [2.05, 4.69) is 5.32 Å². The van der Waals surface area contributed by atoms with Gasteiger partial charge in [-0.15, -0.1) is 0 Å². The van der Waals surface area contributed by atoms with Crippen LogP contribution >= 0.6 is 0 Å². The second kappa shape index (κ2) is 7.84. The first kappa shape index (κ1) is 16.4. The number of methoxy groups -OCH3 is 1. The van der Waals surface area contributed by atoms with Crippen molar-refractivity contribution >= 4 is 11.8 Å². The first-order valence-electron chi connectivity index (χ1n) is 7.00. The molecule has 0 radical (unpaired) electrons. The van der Waals surface area contributed by atoms with Gasteiger partial charge in [0.25, 0.3) is 5.91 Å². The lowest BCUT2D eigenvalue weighted by Gasteiger charge is -2.16. The average Bonchev–Trinajstić information content (AvgIpc) is 2.58. The Hall–Kier alpha value is -3.02. The number of nitrogens with two attached hydrogens (primary N) is 1. The summed E-state index contributed by atoms with van der Waals surface area (Å²) >= 11 is 0. The van der Waals surface area contributed by atoms with Gasteiger partial charge in [0.05, 0.1) is 7.11 Å². The van der Waals surface area contributed by atoms with Crippen LogP contribution in [-0.2, 0) is 9.59 Å². The van der Waals surface area contributed by atoms with Gasteiger partial charge in [0, 0.05) is 0 Å². The fourth-order valence-electron chi connectivity index (χ4n) is 1.99. The number of amides is 2. The van der Waals surface area contributed by atoms with Crippen LogP contribution in [0.1, 0.15) is 11.6 Å². The van der Waals surface area contributed by atoms with Crippen LogP contribution in [0.2, 0.25) is 0 Å². The monoisotopic (exact) mass is 314 g/mol. The summed E-state index contributed by atoms with van der Waals surface area (Å²) in [4.78, 5) is 23.5. The Kier molecular flexibility index (Phi) is 5.57. The Bertz CT molecular complexity index is 656. The summed E-state index contributed by atoms with van der Waals surface area (Å²) in [6, 6.07) is 14.7. The van der Waals surface area contributed by atoms with E-state index in [0.29, 0.717) is 17.1 Å². The van der Waals surface area contributed by atoms with Crippen molar-refractivity contribution in [1.82, 2.24) is 5.32 Å². The fraction of sp³-hybridized carbons (Fsp3) is 0.176. The minimum absolute atomic E-state index is 0.219. The molecule has 0 saturated carbocycles. The van der Waals surface area contributed by atoms with E-state index in [1.54, 1.807) is 55.6 Å². The highest BCUT2D eigenvalue weighted by Gasteiger charge is 2.20. The highest BCUT2D eigenvalue weighted by molar-refractivity contribution is 5.88. The molecule has 0 aromatic heterocycles. The van der Waals surface area contributed by atoms with Crippen LogP contribution in [0.25, 0.3) is 0 Å². The van der Waals surface area contributed by atoms with E-state index < -0.39 is 17.9 Å². The predicted octanol–water partition coefficient (Wildman–Crippen LogP) is 1.42. The van der Waals surface area contributed by atoms with E-state index >= 15 is 0 Å². The zero-order valence-electron chi connectivity index (χ0n) is 12.7. The Morgan fingerprint density at radius 3 is 2.22 bits per heavy atom. The van der Waals surface area contributed by atoms with Gasteiger partial charge in [0.2, 0.25) is 5.91 Å². The minimum atomic E-state index is -0.886. The van der Waals surface area contributed by atoms with Crippen molar-refractivity contribution in [1.29, 1.82) is 0 Å². The molecule has 0 fully saturated rings. The molecule has 1 atom stereocenters. The SMILES string of the molecule is COc1ccc(OCC(=O)N[C@H](C(N)=O)c2ccccc2)cc1. The van der Waals surface area contributed by atoms with Crippen molar-refractivity contribution in [3.63, 3.8) is 0 Å². The van der Waals surface area contributed by atoms with Crippen molar-refractivity contribution in [3.05, 3.63) is 60.2 Å². The standard InChI is InChI=1S/C17H18N2O4/c1-22-13-7-9-14(10-8-13)23-11-15(20)19-16(17(18)21)12-5-3-2-4-6-12/h2-10,16H,11H2,1H3,(H2,18,21)(H,19,20)/t16-/m0/s1. The fourth-order valence-corrected chi connectivity index (χ4v) is 1.99. The van der Waals surface area contributed by atoms with Crippen molar-refractivity contribution < 1.29 is 19.1 Å². The number of hydrogen-bond donors (Lipinski definition) is 2. The molecule has 0 spiro atoms. The van der Waals surface area contributed by atoms with Gasteiger partial charge in [0.1, 0.15) is 17.5 Å². The number of primary amides is 1. The van der Waals surface area contributed by atoms with E-state index in [1.807, 2.05) is 6.07 Å². The lowest BCUT2D eigenvalue weighted by molar-refractivity contribution is -0.128. The van der Waals surface area contributed by atoms with Crippen LogP contribution in [0.15, 0.2) is 54.6 Å². The molecule has 0 saturated heterocycles. The molecule has 120 valence electrons. The second-order valence-electron chi connectivity index (χ2n) is 4.78. The quantitative estimate of drug-likeness (QED) is 0.808. The average molecular weight is 314 g/mol. The van der Waals surface area contributed by atoms with Crippen molar-refractivity contribution in [2.75, 3.05) is 13.7 Å². The molecule has 0 aliphatic carbocycles. The molecule has 0 aliphatic rings. The van der Waals surface area contributed by atoms with Gasteiger partial charge in [-0.1, -0.05) is 30.3 Å². The summed E-state index contributed by atoms with van der Waals surface area (Å²) in [6.45, 7) is -0.219. The van der Waals surface area contributed by atoms with Gasteiger partial charge in [-0.2, -0.15) is 0 Å². The third-order valence-corrected chi connectivity index (χ3v) is 3.15. The first-order valence-corrected chi connectivity index (χ1v) is 7.00. The molecule has 3 N–H and O–H groups in total. The maximum Gasteiger partial charge on any atom is 0.258 e. The van der Waals surface area contributed by atoms with Crippen molar-refractivity contribution in [2.24, 2.45) is 5.73 Å². The summed E-state index contributed by atoms with van der Waals surface area (Å²) in [5.41, 5.74) is 5.97. The molecular weight excluding hydrogens is 296 g/mol. The van der Waals surface area contributed by atoms with E-state index in [9.17, 15) is 9.59 Å². The third-order valence-electron chi connectivity index (χ3n) is 3.15. The second-order valence-corrected chi connectivity index (χ2v) is 4.78. The Morgan fingerprint density at radius 1 is 1.04 bits per heavy atom. The maximum atomic E-state index is 12.0. The van der Waals surface area contributed by atoms with Crippen LogP contribution < -0.4 is 20.5 Å². The smallest absolute Gasteiger partial charge is 0.258 e. The van der Waals surface area contributed by atoms with Gasteiger partial charge in [-0.05, 0) is 29.8 Å². The van der Waals surface area contributed by atoms with E-state index in [1.165, 1.54) is 0 Å². The van der Waals surface area contributed by atoms with Crippen LogP contribution in [0.5, 0.6) is 11.5 Å². The molecule has 6 heteroatoms. The van der Waals surface area contributed by atoms with Crippen LogP contribution in [-0.4, -0.2) is 25.5 Å². The van der Waals surface area contributed by atoms with Crippen LogP contribution in [0, 0.1) is 0 Å². The number of rotatable bonds is 7. The van der Waals surface area contributed by atoms with Gasteiger partial charge < -0.3 is 20.5 Å². The predicted molar refractivity (Wildman–Crippen MR) is 85.0 cm³/mol. The molecule has 0 unspecified atom stereocenters.